The Balaban J connectivity index is 3.47. The number of guanidine groups is 2. The third-order valence-electron chi connectivity index (χ3n) is 15.3. The molecule has 27 nitrogen and oxygen atoms in total. The van der Waals surface area contributed by atoms with Crippen molar-refractivity contribution in [2.45, 2.75) is 181 Å². The Hall–Kier alpha value is -7.68. The fourth-order valence-electron chi connectivity index (χ4n) is 9.61. The number of hydrogen-bond donors (Lipinski definition) is 13. The molecule has 0 unspecified atom stereocenters. The minimum absolute atomic E-state index is 0.0164. The summed E-state index contributed by atoms with van der Waals surface area (Å²) in [7, 11) is 0. The third kappa shape index (κ3) is 29.4. The van der Waals surface area contributed by atoms with Gasteiger partial charge in [0, 0.05) is 81.7 Å². The van der Waals surface area contributed by atoms with Gasteiger partial charge in [-0.1, -0.05) is 84.2 Å². The van der Waals surface area contributed by atoms with Crippen molar-refractivity contribution in [2.75, 3.05) is 26.2 Å². The number of benzene rings is 1. The zero-order valence-electron chi connectivity index (χ0n) is 51.1. The van der Waals surface area contributed by atoms with Gasteiger partial charge in [-0.05, 0) is 75.8 Å². The van der Waals surface area contributed by atoms with E-state index in [2.05, 4.69) is 36.6 Å². The van der Waals surface area contributed by atoms with Crippen LogP contribution in [0.25, 0.3) is 0 Å². The highest BCUT2D eigenvalue weighted by Crippen LogP contribution is 2.25. The Morgan fingerprint density at radius 2 is 0.977 bits per heavy atom. The Morgan fingerprint density at radius 3 is 1.49 bits per heavy atom. The number of aliphatic carboxylic acids is 1. The predicted octanol–water partition coefficient (Wildman–Crippen LogP) is -0.130. The van der Waals surface area contributed by atoms with Crippen molar-refractivity contribution in [3.8, 4) is 0 Å². The lowest BCUT2D eigenvalue weighted by atomic mass is 9.83. The van der Waals surface area contributed by atoms with E-state index < -0.39 is 168 Å². The summed E-state index contributed by atoms with van der Waals surface area (Å²) in [5, 5.41) is 33.3. The highest BCUT2D eigenvalue weighted by atomic mass is 16.4. The Labute approximate surface area is 504 Å². The van der Waals surface area contributed by atoms with Crippen LogP contribution in [0, 0.1) is 41.4 Å². The molecule has 86 heavy (non-hydrogen) atoms. The smallest absolute Gasteiger partial charge is 0.305 e. The summed E-state index contributed by atoms with van der Waals surface area (Å²) < 4.78 is 0. The van der Waals surface area contributed by atoms with Gasteiger partial charge < -0.3 is 71.2 Å². The van der Waals surface area contributed by atoms with E-state index in [1.165, 1.54) is 20.8 Å². The molecule has 482 valence electrons. The van der Waals surface area contributed by atoms with E-state index in [1.807, 2.05) is 6.92 Å². The molecule has 0 spiro atoms. The minimum atomic E-state index is -1.69. The van der Waals surface area contributed by atoms with E-state index >= 15 is 0 Å². The zero-order chi connectivity index (χ0) is 65.2. The van der Waals surface area contributed by atoms with E-state index in [-0.39, 0.29) is 82.3 Å². The molecule has 27 heteroatoms. The van der Waals surface area contributed by atoms with Gasteiger partial charge >= 0.3 is 5.97 Å². The fourth-order valence-corrected chi connectivity index (χ4v) is 9.61. The number of nitrogens with two attached hydrogens (primary N) is 6. The van der Waals surface area contributed by atoms with Gasteiger partial charge in [0.2, 0.25) is 35.4 Å². The molecule has 0 fully saturated rings. The van der Waals surface area contributed by atoms with Crippen LogP contribution in [0.3, 0.4) is 0 Å². The van der Waals surface area contributed by atoms with E-state index in [9.17, 15) is 67.7 Å². The van der Waals surface area contributed by atoms with Gasteiger partial charge in [0.25, 0.3) is 0 Å². The van der Waals surface area contributed by atoms with Gasteiger partial charge in [0.05, 0.1) is 37.2 Å². The second-order valence-corrected chi connectivity index (χ2v) is 22.4. The number of carboxylic acid groups (broad SMARTS) is 1. The number of nitrogens with one attached hydrogen (secondary N) is 5. The van der Waals surface area contributed by atoms with Crippen molar-refractivity contribution < 1.29 is 67.7 Å². The molecule has 1 aromatic rings. The molecule has 0 aliphatic rings. The van der Waals surface area contributed by atoms with Gasteiger partial charge in [-0.3, -0.25) is 67.5 Å². The third-order valence-corrected chi connectivity index (χ3v) is 15.3. The van der Waals surface area contributed by atoms with Gasteiger partial charge in [-0.25, -0.2) is 0 Å². The van der Waals surface area contributed by atoms with E-state index in [1.54, 1.807) is 51.1 Å². The number of carbonyl (C=O) groups excluding carboxylic acids is 11. The van der Waals surface area contributed by atoms with Crippen LogP contribution in [0.2, 0.25) is 0 Å². The predicted molar refractivity (Wildman–Crippen MR) is 323 cm³/mol. The molecule has 1 rings (SSSR count). The van der Waals surface area contributed by atoms with Crippen molar-refractivity contribution in [2.24, 2.45) is 85.8 Å². The summed E-state index contributed by atoms with van der Waals surface area (Å²) in [4.78, 5) is 170. The lowest BCUT2D eigenvalue weighted by molar-refractivity contribution is -0.141. The maximum Gasteiger partial charge on any atom is 0.305 e. The second-order valence-electron chi connectivity index (χ2n) is 22.4. The number of primary amides is 1. The number of hydrogen-bond acceptors (Lipinski definition) is 16. The SMILES string of the molecule is CC[C@H](C)[C@H](CC(=O)[C@H](Cc1ccccc1)NC(=O)[C@@H](CC(=O)[C@H](CC(=O)O)NC(=O)[C@H](C)CC(=O)[C@H](CO)NC(=O)[C@H](CCCN=C(N)N)CC(=O)[C@H](CCCN=C(N)N)NC(=O)[C@H](CCCCN)CC(=O)[C@H](C)NC(C)=O)[C@@H](C)CC)C(N)=O. The molecule has 0 aromatic heterocycles. The minimum Gasteiger partial charge on any atom is -0.481 e. The standard InChI is InChI=1S/C59H97N13O14/c1-8-33(3)41(53(61)82)29-50(78)44(26-38-17-11-10-12-18-38)71-57(86)42(34(4)9-2)30-51(79)45(31-52(80)81)70-54(83)35(5)25-48(76)46(32-73)72-56(85)40(20-15-23-66-58(62)63)28-49(77)43(21-16-24-67-59(64)65)69-55(84)39(19-13-14-22-60)27-47(75)36(6)68-37(7)74/h10-12,17-18,33-36,39-46,73H,8-9,13-16,19-32,60H2,1-7H3,(H2,61,82)(H,68,74)(H,69,84)(H,70,83)(H,71,86)(H,72,85)(H,80,81)(H4,62,63,66)(H4,64,65,67)/t33-,34-,35+,36-,39+,40+,41-,42-,43-,44-,45-,46-/m0/s1. The lowest BCUT2D eigenvalue weighted by Crippen LogP contribution is -2.50. The van der Waals surface area contributed by atoms with Crippen LogP contribution < -0.4 is 61.0 Å². The quantitative estimate of drug-likeness (QED) is 0.0230. The van der Waals surface area contributed by atoms with E-state index in [0.29, 0.717) is 37.8 Å². The average molecular weight is 1210 g/mol. The van der Waals surface area contributed by atoms with Gasteiger partial charge in [-0.15, -0.1) is 0 Å². The maximum atomic E-state index is 14.3. The topological polar surface area (TPSA) is 486 Å². The summed E-state index contributed by atoms with van der Waals surface area (Å²) in [6.45, 7) is 10.6. The number of carbonyl (C=O) groups is 12. The monoisotopic (exact) mass is 1210 g/mol. The Morgan fingerprint density at radius 1 is 0.512 bits per heavy atom. The largest absolute Gasteiger partial charge is 0.481 e. The van der Waals surface area contributed by atoms with E-state index in [0.717, 1.165) is 0 Å². The normalized spacial score (nSPS) is 15.3. The molecule has 0 radical (unpaired) electrons. The highest BCUT2D eigenvalue weighted by Gasteiger charge is 2.37. The van der Waals surface area contributed by atoms with Crippen molar-refractivity contribution in [1.29, 1.82) is 0 Å². The first-order chi connectivity index (χ1) is 40.5. The van der Waals surface area contributed by atoms with Crippen LogP contribution in [0.5, 0.6) is 0 Å². The molecular weight excluding hydrogens is 1110 g/mol. The number of Topliss-reactive ketones (excluding diaryl/α,β-unsaturated/α-hetero) is 5. The molecule has 19 N–H and O–H groups in total. The van der Waals surface area contributed by atoms with Crippen molar-refractivity contribution >= 4 is 82.2 Å². The number of aliphatic imine (C=N–C) groups is 2. The van der Waals surface area contributed by atoms with Gasteiger partial charge in [0.15, 0.2) is 40.8 Å². The summed E-state index contributed by atoms with van der Waals surface area (Å²) in [6, 6.07) is 2.19. The number of aliphatic hydroxyl groups excluding tert-OH is 1. The van der Waals surface area contributed by atoms with Crippen LogP contribution >= 0.6 is 0 Å². The summed E-state index contributed by atoms with van der Waals surface area (Å²) >= 11 is 0. The van der Waals surface area contributed by atoms with E-state index in [4.69, 9.17) is 34.4 Å². The zero-order valence-corrected chi connectivity index (χ0v) is 51.1. The molecule has 1 aromatic carbocycles. The summed E-state index contributed by atoms with van der Waals surface area (Å²) in [5.74, 6) is -15.5. The first-order valence-electron chi connectivity index (χ1n) is 29.6. The molecular formula is C59H97N13O14. The maximum absolute atomic E-state index is 14.3. The summed E-state index contributed by atoms with van der Waals surface area (Å²) in [5.41, 5.74) is 34.1. The van der Waals surface area contributed by atoms with Crippen LogP contribution in [0.15, 0.2) is 40.3 Å². The first kappa shape index (κ1) is 76.3. The molecule has 6 amide bonds. The molecule has 0 bridgehead atoms. The van der Waals surface area contributed by atoms with Crippen LogP contribution in [-0.4, -0.2) is 149 Å². The Kier molecular flexibility index (Phi) is 36.0. The van der Waals surface area contributed by atoms with Crippen LogP contribution in [0.4, 0.5) is 0 Å². The number of unbranched alkanes of at least 4 members (excludes halogenated alkanes) is 1. The van der Waals surface area contributed by atoms with Crippen molar-refractivity contribution in [1.82, 2.24) is 26.6 Å². The Bertz CT molecular complexity index is 2490. The average Bonchev–Trinajstić information content (AvgIpc) is 3.67. The van der Waals surface area contributed by atoms with Crippen LogP contribution in [0.1, 0.15) is 150 Å². The highest BCUT2D eigenvalue weighted by molar-refractivity contribution is 5.99. The number of carboxylic acids is 1. The second kappa shape index (κ2) is 40.6. The summed E-state index contributed by atoms with van der Waals surface area (Å²) in [6.07, 6.45) is -0.728. The van der Waals surface area contributed by atoms with Crippen molar-refractivity contribution in [3.63, 3.8) is 0 Å². The molecule has 0 aliphatic carbocycles. The number of nitrogens with zero attached hydrogens (tertiary/aromatic N) is 2. The van der Waals surface area contributed by atoms with Gasteiger partial charge in [0.1, 0.15) is 6.04 Å². The van der Waals surface area contributed by atoms with Crippen molar-refractivity contribution in [3.05, 3.63) is 35.9 Å². The first-order valence-corrected chi connectivity index (χ1v) is 29.6. The van der Waals surface area contributed by atoms with Gasteiger partial charge in [-0.2, -0.15) is 0 Å². The lowest BCUT2D eigenvalue weighted by Gasteiger charge is -2.28. The number of rotatable bonds is 46. The van der Waals surface area contributed by atoms with Crippen LogP contribution in [-0.2, 0) is 64.0 Å². The molecule has 0 saturated carbocycles. The molecule has 12 atom stereocenters. The number of amides is 6. The molecule has 0 saturated heterocycles. The molecule has 0 heterocycles. The molecule has 0 aliphatic heterocycles. The number of aliphatic hydroxyl groups is 1. The number of ketones is 5. The fraction of sp³-hybridized carbons (Fsp3) is 0.661.